The minimum absolute atomic E-state index is 0.175. The van der Waals surface area contributed by atoms with Crippen molar-refractivity contribution in [2.24, 2.45) is 0 Å². The van der Waals surface area contributed by atoms with Gasteiger partial charge in [0.25, 0.3) is 0 Å². The van der Waals surface area contributed by atoms with Crippen LogP contribution in [0.3, 0.4) is 0 Å². The maximum Gasteiger partial charge on any atom is 0.243 e. The molecule has 0 N–H and O–H groups in total. The average molecular weight is 320 g/mol. The molecule has 1 aliphatic heterocycles. The zero-order valence-corrected chi connectivity index (χ0v) is 13.6. The van der Waals surface area contributed by atoms with Crippen molar-refractivity contribution >= 4 is 10.0 Å². The molecule has 0 aliphatic carbocycles. The first kappa shape index (κ1) is 15.2. The van der Waals surface area contributed by atoms with Crippen LogP contribution in [-0.2, 0) is 16.4 Å². The van der Waals surface area contributed by atoms with Gasteiger partial charge in [0, 0.05) is 18.5 Å². The summed E-state index contributed by atoms with van der Waals surface area (Å²) in [4.78, 5) is 0.342. The average Bonchev–Trinajstić information content (AvgIpc) is 3.14. The van der Waals surface area contributed by atoms with Crippen LogP contribution in [0.4, 0.5) is 0 Å². The van der Waals surface area contributed by atoms with Gasteiger partial charge in [-0.05, 0) is 31.9 Å². The van der Waals surface area contributed by atoms with Gasteiger partial charge >= 0.3 is 0 Å². The Morgan fingerprint density at radius 2 is 2.05 bits per heavy atom. The molecular formula is C16H20N2O3S. The van der Waals surface area contributed by atoms with E-state index < -0.39 is 10.0 Å². The number of benzene rings is 1. The molecule has 22 heavy (non-hydrogen) atoms. The zero-order chi connectivity index (χ0) is 15.7. The lowest BCUT2D eigenvalue weighted by Crippen LogP contribution is -2.31. The van der Waals surface area contributed by atoms with Crippen molar-refractivity contribution in [2.75, 3.05) is 6.54 Å². The highest BCUT2D eigenvalue weighted by molar-refractivity contribution is 7.89. The molecule has 1 aliphatic rings. The first-order chi connectivity index (χ1) is 10.6. The highest BCUT2D eigenvalue weighted by atomic mass is 32.2. The Balaban J connectivity index is 2.02. The monoisotopic (exact) mass is 320 g/mol. The molecule has 1 fully saturated rings. The maximum atomic E-state index is 12.9. The van der Waals surface area contributed by atoms with Crippen molar-refractivity contribution in [3.63, 3.8) is 0 Å². The van der Waals surface area contributed by atoms with E-state index in [1.807, 2.05) is 19.9 Å². The van der Waals surface area contributed by atoms with Gasteiger partial charge in [-0.25, -0.2) is 8.42 Å². The van der Waals surface area contributed by atoms with E-state index in [9.17, 15) is 8.42 Å². The van der Waals surface area contributed by atoms with Gasteiger partial charge in [-0.2, -0.15) is 4.31 Å². The van der Waals surface area contributed by atoms with Crippen LogP contribution in [0.2, 0.25) is 0 Å². The zero-order valence-electron chi connectivity index (χ0n) is 12.8. The third-order valence-electron chi connectivity index (χ3n) is 4.19. The van der Waals surface area contributed by atoms with Crippen molar-refractivity contribution in [3.8, 4) is 0 Å². The van der Waals surface area contributed by atoms with Crippen LogP contribution in [0.1, 0.15) is 42.8 Å². The molecule has 0 spiro atoms. The summed E-state index contributed by atoms with van der Waals surface area (Å²) in [5.74, 6) is 0.790. The van der Waals surface area contributed by atoms with Crippen LogP contribution < -0.4 is 0 Å². The summed E-state index contributed by atoms with van der Waals surface area (Å²) in [5, 5.41) is 4.02. The number of aryl methyl sites for hydroxylation is 2. The fraction of sp³-hybridized carbons (Fsp3) is 0.438. The fourth-order valence-electron chi connectivity index (χ4n) is 3.15. The van der Waals surface area contributed by atoms with Crippen molar-refractivity contribution < 1.29 is 12.9 Å². The van der Waals surface area contributed by atoms with E-state index in [0.717, 1.165) is 29.9 Å². The van der Waals surface area contributed by atoms with Crippen molar-refractivity contribution in [1.29, 1.82) is 0 Å². The smallest absolute Gasteiger partial charge is 0.243 e. The molecule has 6 heteroatoms. The maximum absolute atomic E-state index is 12.9. The van der Waals surface area contributed by atoms with Crippen molar-refractivity contribution in [3.05, 3.63) is 47.3 Å². The summed E-state index contributed by atoms with van der Waals surface area (Å²) in [6.45, 7) is 4.41. The van der Waals surface area contributed by atoms with Crippen molar-refractivity contribution in [1.82, 2.24) is 9.46 Å². The quantitative estimate of drug-likeness (QED) is 0.868. The van der Waals surface area contributed by atoms with E-state index in [2.05, 4.69) is 5.16 Å². The van der Waals surface area contributed by atoms with E-state index in [0.29, 0.717) is 17.9 Å². The van der Waals surface area contributed by atoms with Gasteiger partial charge in [0.1, 0.15) is 5.76 Å². The third-order valence-corrected chi connectivity index (χ3v) is 6.11. The Morgan fingerprint density at radius 1 is 1.32 bits per heavy atom. The van der Waals surface area contributed by atoms with Gasteiger partial charge in [-0.15, -0.1) is 0 Å². The number of hydrogen-bond donors (Lipinski definition) is 0. The molecule has 1 unspecified atom stereocenters. The molecule has 2 aromatic rings. The molecule has 118 valence electrons. The summed E-state index contributed by atoms with van der Waals surface area (Å²) in [7, 11) is -3.49. The molecule has 1 saturated heterocycles. The lowest BCUT2D eigenvalue weighted by atomic mass is 10.0. The van der Waals surface area contributed by atoms with Gasteiger partial charge in [0.05, 0.1) is 16.6 Å². The Bertz CT molecular complexity index is 753. The standard InChI is InChI=1S/C16H20N2O3S/c1-3-15-16(12(2)17-21-15)14-10-7-11-18(14)22(19,20)13-8-5-4-6-9-13/h4-6,8-9,14H,3,7,10-11H2,1-2H3. The van der Waals surface area contributed by atoms with Gasteiger partial charge in [0.15, 0.2) is 0 Å². The van der Waals surface area contributed by atoms with Crippen LogP contribution in [0.25, 0.3) is 0 Å². The highest BCUT2D eigenvalue weighted by Crippen LogP contribution is 2.39. The number of sulfonamides is 1. The molecule has 5 nitrogen and oxygen atoms in total. The second kappa shape index (κ2) is 5.85. The van der Waals surface area contributed by atoms with Crippen LogP contribution in [0, 0.1) is 6.92 Å². The Hall–Kier alpha value is -1.66. The summed E-state index contributed by atoms with van der Waals surface area (Å²) < 4.78 is 32.8. The van der Waals surface area contributed by atoms with Gasteiger partial charge < -0.3 is 4.52 Å². The topological polar surface area (TPSA) is 63.4 Å². The lowest BCUT2D eigenvalue weighted by molar-refractivity contribution is 0.368. The van der Waals surface area contributed by atoms with E-state index in [1.54, 1.807) is 28.6 Å². The molecule has 1 atom stereocenters. The molecule has 2 heterocycles. The summed E-state index contributed by atoms with van der Waals surface area (Å²) in [6, 6.07) is 8.43. The molecule has 0 bridgehead atoms. The number of aromatic nitrogens is 1. The second-order valence-electron chi connectivity index (χ2n) is 5.55. The molecule has 3 rings (SSSR count). The summed E-state index contributed by atoms with van der Waals surface area (Å²) in [6.07, 6.45) is 2.37. The normalized spacial score (nSPS) is 19.6. The molecular weight excluding hydrogens is 300 g/mol. The number of nitrogens with zero attached hydrogens (tertiary/aromatic N) is 2. The molecule has 1 aromatic carbocycles. The van der Waals surface area contributed by atoms with Crippen LogP contribution in [-0.4, -0.2) is 24.4 Å². The van der Waals surface area contributed by atoms with E-state index in [-0.39, 0.29) is 6.04 Å². The molecule has 0 saturated carbocycles. The fourth-order valence-corrected chi connectivity index (χ4v) is 4.84. The van der Waals surface area contributed by atoms with Crippen molar-refractivity contribution in [2.45, 2.75) is 44.0 Å². The van der Waals surface area contributed by atoms with Gasteiger partial charge in [0.2, 0.25) is 10.0 Å². The minimum atomic E-state index is -3.49. The van der Waals surface area contributed by atoms with Crippen LogP contribution >= 0.6 is 0 Å². The van der Waals surface area contributed by atoms with E-state index in [4.69, 9.17) is 4.52 Å². The Labute approximate surface area is 131 Å². The first-order valence-electron chi connectivity index (χ1n) is 7.57. The first-order valence-corrected chi connectivity index (χ1v) is 9.01. The van der Waals surface area contributed by atoms with E-state index in [1.165, 1.54) is 0 Å². The largest absolute Gasteiger partial charge is 0.361 e. The third kappa shape index (κ3) is 2.46. The van der Waals surface area contributed by atoms with E-state index >= 15 is 0 Å². The summed E-state index contributed by atoms with van der Waals surface area (Å²) in [5.41, 5.74) is 1.73. The Kier molecular flexibility index (Phi) is 4.06. The van der Waals surface area contributed by atoms with Crippen LogP contribution in [0.5, 0.6) is 0 Å². The predicted molar refractivity (Wildman–Crippen MR) is 82.9 cm³/mol. The van der Waals surface area contributed by atoms with Gasteiger partial charge in [-0.3, -0.25) is 0 Å². The molecule has 0 radical (unpaired) electrons. The number of rotatable bonds is 4. The van der Waals surface area contributed by atoms with Crippen LogP contribution in [0.15, 0.2) is 39.8 Å². The number of hydrogen-bond acceptors (Lipinski definition) is 4. The molecule has 0 amide bonds. The predicted octanol–water partition coefficient (Wildman–Crippen LogP) is 3.07. The molecule has 1 aromatic heterocycles. The van der Waals surface area contributed by atoms with Gasteiger partial charge in [-0.1, -0.05) is 30.3 Å². The SMILES string of the molecule is CCc1onc(C)c1C1CCCN1S(=O)(=O)c1ccccc1. The second-order valence-corrected chi connectivity index (χ2v) is 7.44. The lowest BCUT2D eigenvalue weighted by Gasteiger charge is -2.24. The minimum Gasteiger partial charge on any atom is -0.361 e. The highest BCUT2D eigenvalue weighted by Gasteiger charge is 2.39. The summed E-state index contributed by atoms with van der Waals surface area (Å²) >= 11 is 0. The Morgan fingerprint density at radius 3 is 2.73 bits per heavy atom.